The first-order valence-electron chi connectivity index (χ1n) is 6.89. The van der Waals surface area contributed by atoms with Crippen molar-refractivity contribution in [3.8, 4) is 0 Å². The van der Waals surface area contributed by atoms with Crippen molar-refractivity contribution in [1.29, 1.82) is 0 Å². The second-order valence-corrected chi connectivity index (χ2v) is 5.09. The predicted octanol–water partition coefficient (Wildman–Crippen LogP) is 2.10. The first-order chi connectivity index (χ1) is 8.56. The lowest BCUT2D eigenvalue weighted by Gasteiger charge is -2.27. The van der Waals surface area contributed by atoms with Gasteiger partial charge in [0.1, 0.15) is 0 Å². The zero-order valence-electron chi connectivity index (χ0n) is 12.5. The van der Waals surface area contributed by atoms with Crippen LogP contribution in [0.15, 0.2) is 0 Å². The van der Waals surface area contributed by atoms with E-state index in [0.29, 0.717) is 31.7 Å². The maximum absolute atomic E-state index is 9.23. The van der Waals surface area contributed by atoms with Gasteiger partial charge in [0.25, 0.3) is 0 Å². The molecule has 0 bridgehead atoms. The van der Waals surface area contributed by atoms with Crippen molar-refractivity contribution < 1.29 is 19.3 Å². The average Bonchev–Trinajstić information content (AvgIpc) is 2.36. The fourth-order valence-electron chi connectivity index (χ4n) is 1.60. The minimum atomic E-state index is -0.109. The molecule has 110 valence electrons. The standard InChI is InChI=1S/C14H30O4/c1-6-12(4)14(17-8-7-16-5)10-18-13(9-15)11(2)3/h11-15H,6-10H2,1-5H3. The molecule has 18 heavy (non-hydrogen) atoms. The molecule has 3 atom stereocenters. The van der Waals surface area contributed by atoms with Crippen LogP contribution in [0.1, 0.15) is 34.1 Å². The van der Waals surface area contributed by atoms with Crippen molar-refractivity contribution in [2.75, 3.05) is 33.5 Å². The highest BCUT2D eigenvalue weighted by molar-refractivity contribution is 4.68. The number of hydrogen-bond acceptors (Lipinski definition) is 4. The van der Waals surface area contributed by atoms with Gasteiger partial charge in [0.05, 0.1) is 38.6 Å². The van der Waals surface area contributed by atoms with E-state index in [1.807, 2.05) is 13.8 Å². The zero-order valence-corrected chi connectivity index (χ0v) is 12.5. The Morgan fingerprint density at radius 2 is 1.67 bits per heavy atom. The van der Waals surface area contributed by atoms with Gasteiger partial charge in [0, 0.05) is 7.11 Å². The van der Waals surface area contributed by atoms with Gasteiger partial charge in [-0.15, -0.1) is 0 Å². The number of rotatable bonds is 11. The van der Waals surface area contributed by atoms with E-state index in [9.17, 15) is 5.11 Å². The van der Waals surface area contributed by atoms with Crippen molar-refractivity contribution >= 4 is 0 Å². The molecule has 0 rings (SSSR count). The summed E-state index contributed by atoms with van der Waals surface area (Å²) in [5, 5.41) is 9.23. The van der Waals surface area contributed by atoms with Crippen molar-refractivity contribution in [2.24, 2.45) is 11.8 Å². The van der Waals surface area contributed by atoms with Crippen LogP contribution in [0.4, 0.5) is 0 Å². The van der Waals surface area contributed by atoms with E-state index in [1.165, 1.54) is 0 Å². The molecule has 0 aliphatic carbocycles. The van der Waals surface area contributed by atoms with Crippen LogP contribution in [0, 0.1) is 11.8 Å². The third-order valence-corrected chi connectivity index (χ3v) is 3.30. The lowest BCUT2D eigenvalue weighted by atomic mass is 10.0. The van der Waals surface area contributed by atoms with Gasteiger partial charge in [-0.25, -0.2) is 0 Å². The van der Waals surface area contributed by atoms with Gasteiger partial charge in [0.15, 0.2) is 0 Å². The predicted molar refractivity (Wildman–Crippen MR) is 72.7 cm³/mol. The highest BCUT2D eigenvalue weighted by atomic mass is 16.6. The van der Waals surface area contributed by atoms with Crippen LogP contribution in [-0.4, -0.2) is 50.9 Å². The molecule has 0 fully saturated rings. The van der Waals surface area contributed by atoms with E-state index in [-0.39, 0.29) is 18.8 Å². The minimum absolute atomic E-state index is 0.0585. The molecule has 0 aromatic rings. The van der Waals surface area contributed by atoms with Crippen LogP contribution in [0.5, 0.6) is 0 Å². The highest BCUT2D eigenvalue weighted by Crippen LogP contribution is 2.14. The summed E-state index contributed by atoms with van der Waals surface area (Å²) < 4.78 is 16.5. The van der Waals surface area contributed by atoms with Gasteiger partial charge < -0.3 is 19.3 Å². The summed E-state index contributed by atoms with van der Waals surface area (Å²) in [5.74, 6) is 0.750. The first kappa shape index (κ1) is 17.8. The van der Waals surface area contributed by atoms with Crippen molar-refractivity contribution in [2.45, 2.75) is 46.3 Å². The van der Waals surface area contributed by atoms with Crippen LogP contribution in [-0.2, 0) is 14.2 Å². The number of hydrogen-bond donors (Lipinski definition) is 1. The van der Waals surface area contributed by atoms with Crippen LogP contribution in [0.3, 0.4) is 0 Å². The maximum Gasteiger partial charge on any atom is 0.0835 e. The number of ether oxygens (including phenoxy) is 3. The summed E-state index contributed by atoms with van der Waals surface area (Å²) in [6.45, 7) is 10.2. The topological polar surface area (TPSA) is 47.9 Å². The molecule has 0 radical (unpaired) electrons. The first-order valence-corrected chi connectivity index (χ1v) is 6.89. The number of aliphatic hydroxyl groups is 1. The molecule has 0 saturated heterocycles. The van der Waals surface area contributed by atoms with Gasteiger partial charge in [-0.1, -0.05) is 34.1 Å². The molecule has 0 aliphatic heterocycles. The largest absolute Gasteiger partial charge is 0.394 e. The Balaban J connectivity index is 4.13. The Labute approximate surface area is 112 Å². The average molecular weight is 262 g/mol. The van der Waals surface area contributed by atoms with Gasteiger partial charge in [0.2, 0.25) is 0 Å². The molecule has 0 amide bonds. The Morgan fingerprint density at radius 1 is 1.00 bits per heavy atom. The molecule has 4 nitrogen and oxygen atoms in total. The summed E-state index contributed by atoms with van der Waals surface area (Å²) in [6.07, 6.45) is 1.01. The number of aliphatic hydroxyl groups excluding tert-OH is 1. The van der Waals surface area contributed by atoms with Crippen LogP contribution in [0.25, 0.3) is 0 Å². The van der Waals surface area contributed by atoms with E-state index >= 15 is 0 Å². The second kappa shape index (κ2) is 10.7. The molecule has 0 heterocycles. The third kappa shape index (κ3) is 7.31. The van der Waals surface area contributed by atoms with Crippen LogP contribution >= 0.6 is 0 Å². The van der Waals surface area contributed by atoms with Gasteiger partial charge >= 0.3 is 0 Å². The smallest absolute Gasteiger partial charge is 0.0835 e. The normalized spacial score (nSPS) is 16.8. The van der Waals surface area contributed by atoms with E-state index in [2.05, 4.69) is 13.8 Å². The van der Waals surface area contributed by atoms with Crippen molar-refractivity contribution in [1.82, 2.24) is 0 Å². The summed E-state index contributed by atoms with van der Waals surface area (Å²) in [5.41, 5.74) is 0. The van der Waals surface area contributed by atoms with Gasteiger partial charge in [-0.2, -0.15) is 0 Å². The summed E-state index contributed by atoms with van der Waals surface area (Å²) in [7, 11) is 1.67. The Bertz CT molecular complexity index is 185. The number of methoxy groups -OCH3 is 1. The lowest BCUT2D eigenvalue weighted by Crippen LogP contribution is -2.33. The van der Waals surface area contributed by atoms with Crippen molar-refractivity contribution in [3.05, 3.63) is 0 Å². The summed E-state index contributed by atoms with van der Waals surface area (Å²) in [6, 6.07) is 0. The van der Waals surface area contributed by atoms with Crippen molar-refractivity contribution in [3.63, 3.8) is 0 Å². The molecule has 0 aromatic heterocycles. The summed E-state index contributed by atoms with van der Waals surface area (Å²) in [4.78, 5) is 0. The maximum atomic E-state index is 9.23. The summed E-state index contributed by atoms with van der Waals surface area (Å²) >= 11 is 0. The molecule has 0 aromatic carbocycles. The lowest BCUT2D eigenvalue weighted by molar-refractivity contribution is -0.0941. The minimum Gasteiger partial charge on any atom is -0.394 e. The molecular weight excluding hydrogens is 232 g/mol. The molecule has 1 N–H and O–H groups in total. The van der Waals surface area contributed by atoms with E-state index < -0.39 is 0 Å². The van der Waals surface area contributed by atoms with E-state index in [4.69, 9.17) is 14.2 Å². The highest BCUT2D eigenvalue weighted by Gasteiger charge is 2.20. The zero-order chi connectivity index (χ0) is 14.0. The fraction of sp³-hybridized carbons (Fsp3) is 1.00. The fourth-order valence-corrected chi connectivity index (χ4v) is 1.60. The second-order valence-electron chi connectivity index (χ2n) is 5.09. The molecule has 3 unspecified atom stereocenters. The Hall–Kier alpha value is -0.160. The van der Waals surface area contributed by atoms with Crippen LogP contribution < -0.4 is 0 Å². The monoisotopic (exact) mass is 262 g/mol. The molecule has 4 heteroatoms. The molecule has 0 spiro atoms. The van der Waals surface area contributed by atoms with Crippen LogP contribution in [0.2, 0.25) is 0 Å². The Morgan fingerprint density at radius 3 is 2.11 bits per heavy atom. The Kier molecular flexibility index (Phi) is 10.6. The van der Waals surface area contributed by atoms with Gasteiger partial charge in [-0.3, -0.25) is 0 Å². The SMILES string of the molecule is CCC(C)C(COC(CO)C(C)C)OCCOC. The quantitative estimate of drug-likeness (QED) is 0.579. The molecule has 0 saturated carbocycles. The molecular formula is C14H30O4. The van der Waals surface area contributed by atoms with Gasteiger partial charge in [-0.05, 0) is 11.8 Å². The van der Waals surface area contributed by atoms with E-state index in [1.54, 1.807) is 7.11 Å². The third-order valence-electron chi connectivity index (χ3n) is 3.30. The van der Waals surface area contributed by atoms with E-state index in [0.717, 1.165) is 6.42 Å². The molecule has 0 aliphatic rings.